The van der Waals surface area contributed by atoms with E-state index in [9.17, 15) is 10.1 Å². The van der Waals surface area contributed by atoms with Gasteiger partial charge in [0.15, 0.2) is 5.75 Å². The maximum Gasteiger partial charge on any atom is 0.312 e. The van der Waals surface area contributed by atoms with E-state index in [-0.39, 0.29) is 17.5 Å². The summed E-state index contributed by atoms with van der Waals surface area (Å²) in [6.45, 7) is 2.44. The number of halogens is 1. The summed E-state index contributed by atoms with van der Waals surface area (Å²) in [5.74, 6) is 0.233. The fourth-order valence-electron chi connectivity index (χ4n) is 1.28. The first kappa shape index (κ1) is 12.7. The fourth-order valence-corrected chi connectivity index (χ4v) is 1.45. The number of nitro groups is 1. The van der Waals surface area contributed by atoms with Gasteiger partial charge in [0.2, 0.25) is 0 Å². The molecular formula is C10H13ClN2O3. The Morgan fingerprint density at radius 2 is 2.31 bits per heavy atom. The zero-order chi connectivity index (χ0) is 12.1. The van der Waals surface area contributed by atoms with Crippen molar-refractivity contribution in [1.29, 1.82) is 0 Å². The van der Waals surface area contributed by atoms with Gasteiger partial charge in [-0.25, -0.2) is 0 Å². The number of nitrogens with one attached hydrogen (secondary N) is 1. The predicted molar refractivity (Wildman–Crippen MR) is 62.1 cm³/mol. The molecule has 1 rings (SSSR count). The van der Waals surface area contributed by atoms with Crippen LogP contribution in [0.15, 0.2) is 18.2 Å². The van der Waals surface area contributed by atoms with E-state index in [0.29, 0.717) is 11.6 Å². The van der Waals surface area contributed by atoms with Crippen LogP contribution in [-0.2, 0) is 0 Å². The third kappa shape index (κ3) is 3.36. The van der Waals surface area contributed by atoms with Crippen molar-refractivity contribution in [2.75, 3.05) is 13.6 Å². The van der Waals surface area contributed by atoms with E-state index in [1.807, 2.05) is 6.92 Å². The topological polar surface area (TPSA) is 64.4 Å². The Morgan fingerprint density at radius 1 is 1.62 bits per heavy atom. The molecule has 0 amide bonds. The monoisotopic (exact) mass is 244 g/mol. The molecule has 0 saturated heterocycles. The van der Waals surface area contributed by atoms with Gasteiger partial charge in [-0.2, -0.15) is 0 Å². The van der Waals surface area contributed by atoms with Gasteiger partial charge in [0.05, 0.1) is 4.92 Å². The van der Waals surface area contributed by atoms with Gasteiger partial charge >= 0.3 is 5.69 Å². The summed E-state index contributed by atoms with van der Waals surface area (Å²) < 4.78 is 5.44. The van der Waals surface area contributed by atoms with Crippen LogP contribution >= 0.6 is 11.6 Å². The first-order valence-electron chi connectivity index (χ1n) is 4.79. The molecule has 16 heavy (non-hydrogen) atoms. The molecule has 1 aromatic rings. The highest BCUT2D eigenvalue weighted by atomic mass is 35.5. The van der Waals surface area contributed by atoms with E-state index in [1.54, 1.807) is 13.1 Å². The van der Waals surface area contributed by atoms with Crippen LogP contribution in [0.25, 0.3) is 0 Å². The van der Waals surface area contributed by atoms with Gasteiger partial charge in [0.1, 0.15) is 6.10 Å². The number of nitro benzene ring substituents is 1. The average molecular weight is 245 g/mol. The van der Waals surface area contributed by atoms with E-state index in [2.05, 4.69) is 5.32 Å². The summed E-state index contributed by atoms with van der Waals surface area (Å²) in [6.07, 6.45) is -0.148. The van der Waals surface area contributed by atoms with Crippen molar-refractivity contribution in [3.05, 3.63) is 33.3 Å². The Labute approximate surface area is 98.5 Å². The molecule has 0 heterocycles. The van der Waals surface area contributed by atoms with Gasteiger partial charge in [-0.1, -0.05) is 11.6 Å². The number of benzene rings is 1. The standard InChI is InChI=1S/C10H13ClN2O3/c1-7(6-12-2)16-10-4-3-8(11)5-9(10)13(14)15/h3-5,7,12H,6H2,1-2H3. The highest BCUT2D eigenvalue weighted by molar-refractivity contribution is 6.30. The zero-order valence-corrected chi connectivity index (χ0v) is 9.82. The van der Waals surface area contributed by atoms with E-state index >= 15 is 0 Å². The Bertz CT molecular complexity index is 384. The first-order valence-corrected chi connectivity index (χ1v) is 5.17. The normalized spacial score (nSPS) is 12.2. The fraction of sp³-hybridized carbons (Fsp3) is 0.400. The van der Waals surface area contributed by atoms with E-state index in [1.165, 1.54) is 12.1 Å². The van der Waals surface area contributed by atoms with Crippen molar-refractivity contribution in [1.82, 2.24) is 5.32 Å². The van der Waals surface area contributed by atoms with Crippen molar-refractivity contribution in [3.63, 3.8) is 0 Å². The quantitative estimate of drug-likeness (QED) is 0.637. The molecule has 6 heteroatoms. The summed E-state index contributed by atoms with van der Waals surface area (Å²) in [7, 11) is 1.79. The van der Waals surface area contributed by atoms with Gasteiger partial charge in [-0.15, -0.1) is 0 Å². The van der Waals surface area contributed by atoms with Crippen LogP contribution in [0.5, 0.6) is 5.75 Å². The molecule has 1 aromatic carbocycles. The van der Waals surface area contributed by atoms with Crippen molar-refractivity contribution in [2.45, 2.75) is 13.0 Å². The lowest BCUT2D eigenvalue weighted by molar-refractivity contribution is -0.386. The molecule has 0 radical (unpaired) electrons. The first-order chi connectivity index (χ1) is 7.54. The molecule has 0 spiro atoms. The number of hydrogen-bond donors (Lipinski definition) is 1. The van der Waals surface area contributed by atoms with Crippen molar-refractivity contribution in [3.8, 4) is 5.75 Å². The highest BCUT2D eigenvalue weighted by Crippen LogP contribution is 2.30. The lowest BCUT2D eigenvalue weighted by Gasteiger charge is -2.13. The number of likely N-dealkylation sites (N-methyl/N-ethyl adjacent to an activating group) is 1. The molecule has 0 bridgehead atoms. The zero-order valence-electron chi connectivity index (χ0n) is 9.07. The third-order valence-corrected chi connectivity index (χ3v) is 2.17. The van der Waals surface area contributed by atoms with Crippen LogP contribution < -0.4 is 10.1 Å². The largest absolute Gasteiger partial charge is 0.482 e. The molecule has 0 aromatic heterocycles. The number of nitrogens with zero attached hydrogens (tertiary/aromatic N) is 1. The second-order valence-electron chi connectivity index (χ2n) is 3.36. The van der Waals surface area contributed by atoms with Crippen molar-refractivity contribution in [2.24, 2.45) is 0 Å². The number of ether oxygens (including phenoxy) is 1. The van der Waals surface area contributed by atoms with Gasteiger partial charge in [-0.3, -0.25) is 10.1 Å². The summed E-state index contributed by atoms with van der Waals surface area (Å²) in [6, 6.07) is 4.35. The second-order valence-corrected chi connectivity index (χ2v) is 3.79. The SMILES string of the molecule is CNCC(C)Oc1ccc(Cl)cc1[N+](=O)[O-]. The maximum absolute atomic E-state index is 10.8. The lowest BCUT2D eigenvalue weighted by atomic mass is 10.3. The molecule has 1 unspecified atom stereocenters. The van der Waals surface area contributed by atoms with Crippen LogP contribution in [-0.4, -0.2) is 24.6 Å². The van der Waals surface area contributed by atoms with Crippen molar-refractivity contribution >= 4 is 17.3 Å². The average Bonchev–Trinajstić information content (AvgIpc) is 2.20. The highest BCUT2D eigenvalue weighted by Gasteiger charge is 2.17. The lowest BCUT2D eigenvalue weighted by Crippen LogP contribution is -2.26. The Hall–Kier alpha value is -1.33. The van der Waals surface area contributed by atoms with Gasteiger partial charge in [-0.05, 0) is 26.1 Å². The van der Waals surface area contributed by atoms with Crippen LogP contribution in [0.2, 0.25) is 5.02 Å². The van der Waals surface area contributed by atoms with Gasteiger partial charge < -0.3 is 10.1 Å². The molecule has 0 aliphatic heterocycles. The molecule has 0 aliphatic rings. The number of rotatable bonds is 5. The maximum atomic E-state index is 10.8. The van der Waals surface area contributed by atoms with Crippen LogP contribution in [0, 0.1) is 10.1 Å². The predicted octanol–water partition coefficient (Wildman–Crippen LogP) is 2.23. The molecule has 1 atom stereocenters. The molecular weight excluding hydrogens is 232 g/mol. The minimum atomic E-state index is -0.507. The van der Waals surface area contributed by atoms with Crippen LogP contribution in [0.4, 0.5) is 5.69 Å². The van der Waals surface area contributed by atoms with Crippen LogP contribution in [0.3, 0.4) is 0 Å². The summed E-state index contributed by atoms with van der Waals surface area (Å²) in [5, 5.41) is 14.0. The van der Waals surface area contributed by atoms with Gasteiger partial charge in [0, 0.05) is 17.6 Å². The Balaban J connectivity index is 2.90. The van der Waals surface area contributed by atoms with E-state index in [0.717, 1.165) is 0 Å². The molecule has 0 fully saturated rings. The molecule has 5 nitrogen and oxygen atoms in total. The molecule has 0 aliphatic carbocycles. The van der Waals surface area contributed by atoms with E-state index < -0.39 is 4.92 Å². The minimum absolute atomic E-state index is 0.115. The Kier molecular flexibility index (Phi) is 4.52. The summed E-state index contributed by atoms with van der Waals surface area (Å²) in [5.41, 5.74) is -0.115. The molecule has 0 saturated carbocycles. The summed E-state index contributed by atoms with van der Waals surface area (Å²) >= 11 is 5.69. The smallest absolute Gasteiger partial charge is 0.312 e. The minimum Gasteiger partial charge on any atom is -0.482 e. The third-order valence-electron chi connectivity index (χ3n) is 1.94. The summed E-state index contributed by atoms with van der Waals surface area (Å²) in [4.78, 5) is 10.3. The molecule has 1 N–H and O–H groups in total. The van der Waals surface area contributed by atoms with E-state index in [4.69, 9.17) is 16.3 Å². The number of hydrogen-bond acceptors (Lipinski definition) is 4. The van der Waals surface area contributed by atoms with Crippen molar-refractivity contribution < 1.29 is 9.66 Å². The Morgan fingerprint density at radius 3 is 2.88 bits per heavy atom. The van der Waals surface area contributed by atoms with Gasteiger partial charge in [0.25, 0.3) is 0 Å². The second kappa shape index (κ2) is 5.67. The molecule has 88 valence electrons. The van der Waals surface area contributed by atoms with Crippen LogP contribution in [0.1, 0.15) is 6.92 Å².